The lowest BCUT2D eigenvalue weighted by atomic mass is 9.84. The van der Waals surface area contributed by atoms with Crippen LogP contribution >= 0.6 is 0 Å². The molecular weight excluding hydrogens is 110 g/mol. The minimum Gasteiger partial charge on any atom is -0.311 e. The van der Waals surface area contributed by atoms with Crippen LogP contribution in [-0.2, 0) is 0 Å². The molecule has 0 unspecified atom stereocenters. The van der Waals surface area contributed by atoms with Crippen molar-refractivity contribution in [3.63, 3.8) is 0 Å². The van der Waals surface area contributed by atoms with Crippen molar-refractivity contribution in [1.29, 1.82) is 0 Å². The SMILES string of the molecule is C[C@@H]1C[C@H]2N[C@H]1C[C@@H]2C. The third kappa shape index (κ3) is 0.710. The summed E-state index contributed by atoms with van der Waals surface area (Å²) in [5.41, 5.74) is 0. The fourth-order valence-corrected chi connectivity index (χ4v) is 2.33. The van der Waals surface area contributed by atoms with Gasteiger partial charge in [-0.25, -0.2) is 0 Å². The highest BCUT2D eigenvalue weighted by Gasteiger charge is 2.40. The quantitative estimate of drug-likeness (QED) is 0.516. The predicted octanol–water partition coefficient (Wildman–Crippen LogP) is 1.39. The van der Waals surface area contributed by atoms with Crippen LogP contribution < -0.4 is 5.32 Å². The first-order chi connectivity index (χ1) is 4.27. The summed E-state index contributed by atoms with van der Waals surface area (Å²) < 4.78 is 0. The predicted molar refractivity (Wildman–Crippen MR) is 38.3 cm³/mol. The maximum absolute atomic E-state index is 3.63. The fraction of sp³-hybridized carbons (Fsp3) is 1.00. The Kier molecular flexibility index (Phi) is 1.10. The van der Waals surface area contributed by atoms with Gasteiger partial charge in [0.05, 0.1) is 0 Å². The summed E-state index contributed by atoms with van der Waals surface area (Å²) in [5.74, 6) is 1.90. The number of nitrogens with one attached hydrogen (secondary N) is 1. The Labute approximate surface area is 56.8 Å². The Morgan fingerprint density at radius 2 is 1.44 bits per heavy atom. The maximum Gasteiger partial charge on any atom is 0.00990 e. The molecule has 2 fully saturated rings. The van der Waals surface area contributed by atoms with E-state index in [4.69, 9.17) is 0 Å². The smallest absolute Gasteiger partial charge is 0.00990 e. The number of fused-ring (bicyclic) bond motifs is 2. The van der Waals surface area contributed by atoms with Gasteiger partial charge in [0.1, 0.15) is 0 Å². The van der Waals surface area contributed by atoms with Crippen LogP contribution in [0.4, 0.5) is 0 Å². The van der Waals surface area contributed by atoms with Crippen LogP contribution in [0.5, 0.6) is 0 Å². The molecule has 1 N–H and O–H groups in total. The van der Waals surface area contributed by atoms with Crippen molar-refractivity contribution in [2.75, 3.05) is 0 Å². The molecule has 2 heterocycles. The second-order valence-corrected chi connectivity index (χ2v) is 3.81. The molecule has 52 valence electrons. The Balaban J connectivity index is 2.10. The topological polar surface area (TPSA) is 12.0 Å². The van der Waals surface area contributed by atoms with E-state index >= 15 is 0 Å². The molecule has 0 radical (unpaired) electrons. The molecule has 1 heteroatoms. The molecule has 2 aliphatic heterocycles. The molecule has 0 aromatic rings. The van der Waals surface area contributed by atoms with Gasteiger partial charge in [-0.2, -0.15) is 0 Å². The molecule has 0 spiro atoms. The van der Waals surface area contributed by atoms with Crippen LogP contribution in [-0.4, -0.2) is 12.1 Å². The second kappa shape index (κ2) is 1.72. The van der Waals surface area contributed by atoms with Crippen molar-refractivity contribution < 1.29 is 0 Å². The zero-order chi connectivity index (χ0) is 6.43. The molecule has 2 bridgehead atoms. The molecule has 0 aromatic carbocycles. The summed E-state index contributed by atoms with van der Waals surface area (Å²) in [6.45, 7) is 4.73. The molecule has 0 aromatic heterocycles. The fourth-order valence-electron chi connectivity index (χ4n) is 2.33. The molecule has 9 heavy (non-hydrogen) atoms. The third-order valence-corrected chi connectivity index (χ3v) is 3.05. The molecule has 2 rings (SSSR count). The van der Waals surface area contributed by atoms with E-state index < -0.39 is 0 Å². The van der Waals surface area contributed by atoms with Gasteiger partial charge in [-0.15, -0.1) is 0 Å². The standard InChI is InChI=1S/C8H15N/c1-5-3-8-6(2)4-7(5)9-8/h5-9H,3-4H2,1-2H3/t5-,6+,7+,8-. The average molecular weight is 125 g/mol. The second-order valence-electron chi connectivity index (χ2n) is 3.81. The van der Waals surface area contributed by atoms with Crippen molar-refractivity contribution in [2.45, 2.75) is 38.8 Å². The van der Waals surface area contributed by atoms with Gasteiger partial charge in [-0.1, -0.05) is 13.8 Å². The van der Waals surface area contributed by atoms with Gasteiger partial charge < -0.3 is 5.32 Å². The van der Waals surface area contributed by atoms with Crippen LogP contribution in [0, 0.1) is 11.8 Å². The van der Waals surface area contributed by atoms with Crippen LogP contribution in [0.3, 0.4) is 0 Å². The summed E-state index contributed by atoms with van der Waals surface area (Å²) in [7, 11) is 0. The highest BCUT2D eigenvalue weighted by Crippen LogP contribution is 2.36. The minimum atomic E-state index is 0.866. The van der Waals surface area contributed by atoms with E-state index in [1.165, 1.54) is 12.8 Å². The van der Waals surface area contributed by atoms with Crippen molar-refractivity contribution in [3.8, 4) is 0 Å². The Morgan fingerprint density at radius 1 is 1.00 bits per heavy atom. The first kappa shape index (κ1) is 5.72. The Morgan fingerprint density at radius 3 is 1.67 bits per heavy atom. The van der Waals surface area contributed by atoms with Crippen LogP contribution in [0.2, 0.25) is 0 Å². The van der Waals surface area contributed by atoms with Crippen molar-refractivity contribution in [1.82, 2.24) is 5.32 Å². The number of rotatable bonds is 0. The lowest BCUT2D eigenvalue weighted by molar-refractivity contribution is 0.365. The molecule has 0 amide bonds. The number of hydrogen-bond donors (Lipinski definition) is 1. The van der Waals surface area contributed by atoms with E-state index in [9.17, 15) is 0 Å². The molecule has 2 saturated heterocycles. The van der Waals surface area contributed by atoms with Gasteiger partial charge in [0.25, 0.3) is 0 Å². The first-order valence-corrected chi connectivity index (χ1v) is 4.03. The van der Waals surface area contributed by atoms with Crippen molar-refractivity contribution >= 4 is 0 Å². The van der Waals surface area contributed by atoms with E-state index in [0.29, 0.717) is 0 Å². The van der Waals surface area contributed by atoms with Crippen LogP contribution in [0.15, 0.2) is 0 Å². The monoisotopic (exact) mass is 125 g/mol. The molecule has 0 aliphatic carbocycles. The van der Waals surface area contributed by atoms with Gasteiger partial charge >= 0.3 is 0 Å². The molecule has 4 atom stereocenters. The average Bonchev–Trinajstić information content (AvgIpc) is 2.24. The summed E-state index contributed by atoms with van der Waals surface area (Å²) >= 11 is 0. The first-order valence-electron chi connectivity index (χ1n) is 4.03. The van der Waals surface area contributed by atoms with Gasteiger partial charge in [0.15, 0.2) is 0 Å². The van der Waals surface area contributed by atoms with Crippen molar-refractivity contribution in [3.05, 3.63) is 0 Å². The van der Waals surface area contributed by atoms with E-state index in [0.717, 1.165) is 23.9 Å². The summed E-state index contributed by atoms with van der Waals surface area (Å²) in [6.07, 6.45) is 2.84. The summed E-state index contributed by atoms with van der Waals surface area (Å²) in [4.78, 5) is 0. The third-order valence-electron chi connectivity index (χ3n) is 3.05. The molecule has 0 saturated carbocycles. The Bertz CT molecular complexity index is 104. The zero-order valence-electron chi connectivity index (χ0n) is 6.22. The van der Waals surface area contributed by atoms with E-state index in [1.807, 2.05) is 0 Å². The van der Waals surface area contributed by atoms with Gasteiger partial charge in [-0.3, -0.25) is 0 Å². The van der Waals surface area contributed by atoms with E-state index in [2.05, 4.69) is 19.2 Å². The molecular formula is C8H15N. The van der Waals surface area contributed by atoms with Crippen molar-refractivity contribution in [2.24, 2.45) is 11.8 Å². The highest BCUT2D eigenvalue weighted by atomic mass is 15.0. The van der Waals surface area contributed by atoms with Crippen LogP contribution in [0.25, 0.3) is 0 Å². The number of hydrogen-bond acceptors (Lipinski definition) is 1. The van der Waals surface area contributed by atoms with Gasteiger partial charge in [0.2, 0.25) is 0 Å². The lowest BCUT2D eigenvalue weighted by Crippen LogP contribution is -2.21. The maximum atomic E-state index is 3.63. The largest absolute Gasteiger partial charge is 0.311 e. The van der Waals surface area contributed by atoms with E-state index in [-0.39, 0.29) is 0 Å². The van der Waals surface area contributed by atoms with E-state index in [1.54, 1.807) is 0 Å². The van der Waals surface area contributed by atoms with Gasteiger partial charge in [-0.05, 0) is 24.7 Å². The normalized spacial score (nSPS) is 56.7. The lowest BCUT2D eigenvalue weighted by Gasteiger charge is -2.19. The summed E-state index contributed by atoms with van der Waals surface area (Å²) in [5, 5.41) is 3.63. The molecule has 1 nitrogen and oxygen atoms in total. The highest BCUT2D eigenvalue weighted by molar-refractivity contribution is 4.98. The summed E-state index contributed by atoms with van der Waals surface area (Å²) in [6, 6.07) is 1.73. The minimum absolute atomic E-state index is 0.866. The Hall–Kier alpha value is -0.0400. The molecule has 2 aliphatic rings. The van der Waals surface area contributed by atoms with Gasteiger partial charge in [0, 0.05) is 12.1 Å². The van der Waals surface area contributed by atoms with Crippen LogP contribution in [0.1, 0.15) is 26.7 Å². The zero-order valence-corrected chi connectivity index (χ0v) is 6.22.